The lowest BCUT2D eigenvalue weighted by molar-refractivity contribution is 0.307. The minimum Gasteiger partial charge on any atom is -0.216 e. The van der Waals surface area contributed by atoms with Crippen molar-refractivity contribution in [2.45, 2.75) is 97.3 Å². The van der Waals surface area contributed by atoms with Gasteiger partial charge in [0.25, 0.3) is 0 Å². The lowest BCUT2D eigenvalue weighted by Gasteiger charge is -2.30. The van der Waals surface area contributed by atoms with Gasteiger partial charge in [-0.05, 0) is 113 Å². The van der Waals surface area contributed by atoms with Crippen LogP contribution in [-0.2, 0) is 0 Å². The van der Waals surface area contributed by atoms with Crippen molar-refractivity contribution in [2.24, 2.45) is 35.5 Å². The molecule has 0 heterocycles. The molecule has 0 saturated heterocycles. The van der Waals surface area contributed by atoms with E-state index in [-0.39, 0.29) is 0 Å². The van der Waals surface area contributed by atoms with Crippen LogP contribution in [-0.4, -0.2) is 0 Å². The van der Waals surface area contributed by atoms with Crippen molar-refractivity contribution in [2.75, 3.05) is 0 Å². The summed E-state index contributed by atoms with van der Waals surface area (Å²) < 4.78 is 12.2. The summed E-state index contributed by atoms with van der Waals surface area (Å²) in [5.74, 6) is 4.97. The zero-order valence-electron chi connectivity index (χ0n) is 18.4. The number of hydrogen-bond acceptors (Lipinski definition) is 0. The maximum Gasteiger partial charge on any atom is 0.0827 e. The molecule has 3 aliphatic carbocycles. The number of halogens is 1. The zero-order valence-corrected chi connectivity index (χ0v) is 18.4. The van der Waals surface area contributed by atoms with Crippen LogP contribution in [0.25, 0.3) is 0 Å². The van der Waals surface area contributed by atoms with Gasteiger partial charge in [-0.1, -0.05) is 49.6 Å². The maximum absolute atomic E-state index is 12.2. The van der Waals surface area contributed by atoms with Crippen molar-refractivity contribution in [1.29, 1.82) is 0 Å². The highest BCUT2D eigenvalue weighted by Gasteiger charge is 2.23. The predicted molar refractivity (Wildman–Crippen MR) is 120 cm³/mol. The molecule has 3 rings (SSSR count). The third-order valence-electron chi connectivity index (χ3n) is 8.08. The Morgan fingerprint density at radius 3 is 1.86 bits per heavy atom. The first-order chi connectivity index (χ1) is 13.6. The van der Waals surface area contributed by atoms with Crippen molar-refractivity contribution in [1.82, 2.24) is 0 Å². The van der Waals surface area contributed by atoms with Gasteiger partial charge in [0.15, 0.2) is 0 Å². The average Bonchev–Trinajstić information content (AvgIpc) is 2.73. The monoisotopic (exact) mass is 386 g/mol. The molecular weight excluding hydrogens is 343 g/mol. The summed E-state index contributed by atoms with van der Waals surface area (Å²) in [6, 6.07) is 0. The van der Waals surface area contributed by atoms with Gasteiger partial charge in [0.1, 0.15) is 0 Å². The molecule has 0 aliphatic heterocycles. The third kappa shape index (κ3) is 6.89. The summed E-state index contributed by atoms with van der Waals surface area (Å²) in [4.78, 5) is 0. The quantitative estimate of drug-likeness (QED) is 0.400. The first-order valence-electron chi connectivity index (χ1n) is 12.3. The van der Waals surface area contributed by atoms with E-state index >= 15 is 0 Å². The van der Waals surface area contributed by atoms with E-state index in [0.717, 1.165) is 42.3 Å². The molecule has 3 saturated carbocycles. The van der Waals surface area contributed by atoms with E-state index in [4.69, 9.17) is 0 Å². The molecule has 0 N–H and O–H groups in total. The predicted octanol–water partition coefficient (Wildman–Crippen LogP) is 8.80. The molecule has 28 heavy (non-hydrogen) atoms. The minimum absolute atomic E-state index is 0.717. The number of allylic oxidation sites excluding steroid dienone is 5. The molecule has 0 nitrogen and oxygen atoms in total. The SMILES string of the molecule is CC(=CC1CCC(C)CC1)C1CCC(C=CC2CCC(C/C=C/F)CC2)CC1. The Morgan fingerprint density at radius 1 is 0.750 bits per heavy atom. The molecule has 0 aromatic carbocycles. The van der Waals surface area contributed by atoms with Gasteiger partial charge in [-0.3, -0.25) is 0 Å². The highest BCUT2D eigenvalue weighted by Crippen LogP contribution is 2.37. The van der Waals surface area contributed by atoms with E-state index in [0.29, 0.717) is 5.92 Å². The lowest BCUT2D eigenvalue weighted by Crippen LogP contribution is -2.17. The van der Waals surface area contributed by atoms with Gasteiger partial charge in [-0.15, -0.1) is 0 Å². The van der Waals surface area contributed by atoms with Crippen molar-refractivity contribution >= 4 is 0 Å². The summed E-state index contributed by atoms with van der Waals surface area (Å²) >= 11 is 0. The van der Waals surface area contributed by atoms with Crippen LogP contribution in [0.15, 0.2) is 36.2 Å². The zero-order chi connectivity index (χ0) is 19.8. The van der Waals surface area contributed by atoms with E-state index in [9.17, 15) is 4.39 Å². The van der Waals surface area contributed by atoms with Crippen LogP contribution in [0.4, 0.5) is 4.39 Å². The summed E-state index contributed by atoms with van der Waals surface area (Å²) in [6.07, 6.45) is 27.5. The second kappa shape index (κ2) is 11.4. The second-order valence-corrected chi connectivity index (χ2v) is 10.3. The Bertz CT molecular complexity index is 518. The fourth-order valence-corrected chi connectivity index (χ4v) is 5.90. The Labute approximate surface area is 173 Å². The van der Waals surface area contributed by atoms with Gasteiger partial charge in [0, 0.05) is 0 Å². The summed E-state index contributed by atoms with van der Waals surface area (Å²) in [5, 5.41) is 0. The molecule has 3 aliphatic rings. The fraction of sp³-hybridized carbons (Fsp3) is 0.778. The minimum atomic E-state index is 0.717. The molecular formula is C27H43F. The molecule has 0 radical (unpaired) electrons. The van der Waals surface area contributed by atoms with Crippen LogP contribution >= 0.6 is 0 Å². The van der Waals surface area contributed by atoms with E-state index in [1.807, 2.05) is 0 Å². The Hall–Kier alpha value is -0.850. The number of hydrogen-bond donors (Lipinski definition) is 0. The van der Waals surface area contributed by atoms with Gasteiger partial charge in [-0.25, -0.2) is 4.39 Å². The Kier molecular flexibility index (Phi) is 8.87. The molecule has 3 fully saturated rings. The van der Waals surface area contributed by atoms with Crippen LogP contribution in [0.3, 0.4) is 0 Å². The fourth-order valence-electron chi connectivity index (χ4n) is 5.90. The van der Waals surface area contributed by atoms with E-state index in [1.165, 1.54) is 77.0 Å². The first-order valence-corrected chi connectivity index (χ1v) is 12.3. The van der Waals surface area contributed by atoms with Crippen molar-refractivity contribution < 1.29 is 4.39 Å². The molecule has 0 unspecified atom stereocenters. The third-order valence-corrected chi connectivity index (χ3v) is 8.08. The topological polar surface area (TPSA) is 0 Å². The summed E-state index contributed by atoms with van der Waals surface area (Å²) in [6.45, 7) is 4.83. The van der Waals surface area contributed by atoms with E-state index in [2.05, 4.69) is 32.1 Å². The van der Waals surface area contributed by atoms with Crippen LogP contribution in [0.5, 0.6) is 0 Å². The highest BCUT2D eigenvalue weighted by atomic mass is 19.1. The molecule has 0 atom stereocenters. The van der Waals surface area contributed by atoms with Crippen LogP contribution in [0.2, 0.25) is 0 Å². The molecule has 0 aromatic heterocycles. The molecule has 0 amide bonds. The highest BCUT2D eigenvalue weighted by molar-refractivity contribution is 5.09. The van der Waals surface area contributed by atoms with Crippen LogP contribution < -0.4 is 0 Å². The maximum atomic E-state index is 12.2. The van der Waals surface area contributed by atoms with Gasteiger partial charge in [0.2, 0.25) is 0 Å². The Morgan fingerprint density at radius 2 is 1.29 bits per heavy atom. The summed E-state index contributed by atoms with van der Waals surface area (Å²) in [7, 11) is 0. The molecule has 1 heteroatoms. The van der Waals surface area contributed by atoms with Crippen LogP contribution in [0, 0.1) is 35.5 Å². The average molecular weight is 387 g/mol. The molecule has 0 aromatic rings. The van der Waals surface area contributed by atoms with E-state index in [1.54, 1.807) is 11.6 Å². The standard InChI is InChI=1S/C27H43F/c1-21-5-7-26(8-6-21)20-22(2)27-17-15-25(16-18-27)14-13-24-11-9-23(10-12-24)4-3-19-28/h3,13-14,19-21,23-27H,4-12,15-18H2,1-2H3/b14-13?,19-3+,22-20?. The number of rotatable bonds is 6. The van der Waals surface area contributed by atoms with Gasteiger partial charge >= 0.3 is 0 Å². The van der Waals surface area contributed by atoms with E-state index < -0.39 is 0 Å². The molecule has 158 valence electrons. The summed E-state index contributed by atoms with van der Waals surface area (Å²) in [5.41, 5.74) is 1.70. The molecule has 0 spiro atoms. The first kappa shape index (κ1) is 21.8. The van der Waals surface area contributed by atoms with Gasteiger partial charge in [0.05, 0.1) is 6.33 Å². The molecule has 0 bridgehead atoms. The lowest BCUT2D eigenvalue weighted by atomic mass is 9.75. The van der Waals surface area contributed by atoms with Gasteiger partial charge < -0.3 is 0 Å². The van der Waals surface area contributed by atoms with Gasteiger partial charge in [-0.2, -0.15) is 0 Å². The van der Waals surface area contributed by atoms with Crippen LogP contribution in [0.1, 0.15) is 97.3 Å². The second-order valence-electron chi connectivity index (χ2n) is 10.3. The van der Waals surface area contributed by atoms with Crippen molar-refractivity contribution in [3.63, 3.8) is 0 Å². The largest absolute Gasteiger partial charge is 0.216 e. The van der Waals surface area contributed by atoms with Crippen molar-refractivity contribution in [3.8, 4) is 0 Å². The van der Waals surface area contributed by atoms with Crippen molar-refractivity contribution in [3.05, 3.63) is 36.2 Å². The Balaban J connectivity index is 1.36. The smallest absolute Gasteiger partial charge is 0.0827 e. The normalized spacial score (nSPS) is 38.3.